The van der Waals surface area contributed by atoms with Gasteiger partial charge < -0.3 is 4.74 Å². The Hall–Kier alpha value is -0.570. The summed E-state index contributed by atoms with van der Waals surface area (Å²) in [6.07, 6.45) is 5.98. The zero-order chi connectivity index (χ0) is 13.2. The lowest BCUT2D eigenvalue weighted by atomic mass is 9.77. The van der Waals surface area contributed by atoms with Crippen molar-refractivity contribution in [1.82, 2.24) is 0 Å². The van der Waals surface area contributed by atoms with Crippen molar-refractivity contribution >= 4 is 15.9 Å². The van der Waals surface area contributed by atoms with E-state index >= 15 is 0 Å². The Bertz CT molecular complexity index is 413. The smallest absolute Gasteiger partial charge is 0.131 e. The molecule has 0 aliphatic heterocycles. The van der Waals surface area contributed by atoms with Crippen LogP contribution in [-0.4, -0.2) is 7.11 Å². The van der Waals surface area contributed by atoms with Crippen molar-refractivity contribution in [2.45, 2.75) is 43.9 Å². The Kier molecular flexibility index (Phi) is 4.31. The van der Waals surface area contributed by atoms with E-state index in [1.54, 1.807) is 7.11 Å². The minimum Gasteiger partial charge on any atom is -0.497 e. The van der Waals surface area contributed by atoms with Crippen LogP contribution in [-0.2, 0) is 0 Å². The lowest BCUT2D eigenvalue weighted by molar-refractivity contribution is 0.275. The molecular formula is C15H20BrFO. The molecule has 0 aromatic heterocycles. The average Bonchev–Trinajstić information content (AvgIpc) is 2.87. The fraction of sp³-hybridized carbons (Fsp3) is 0.600. The highest BCUT2D eigenvalue weighted by Crippen LogP contribution is 2.54. The fourth-order valence-corrected chi connectivity index (χ4v) is 4.19. The lowest BCUT2D eigenvalue weighted by Crippen LogP contribution is -2.22. The van der Waals surface area contributed by atoms with E-state index in [4.69, 9.17) is 4.74 Å². The molecule has 18 heavy (non-hydrogen) atoms. The quantitative estimate of drug-likeness (QED) is 0.690. The summed E-state index contributed by atoms with van der Waals surface area (Å²) in [6.45, 7) is 2.21. The lowest BCUT2D eigenvalue weighted by Gasteiger charge is -2.33. The first-order valence-corrected chi connectivity index (χ1v) is 7.52. The van der Waals surface area contributed by atoms with E-state index in [0.717, 1.165) is 12.0 Å². The normalized spacial score (nSPS) is 19.8. The van der Waals surface area contributed by atoms with Crippen molar-refractivity contribution in [3.63, 3.8) is 0 Å². The summed E-state index contributed by atoms with van der Waals surface area (Å²) in [6, 6.07) is 5.16. The topological polar surface area (TPSA) is 9.23 Å². The van der Waals surface area contributed by atoms with Gasteiger partial charge in [-0.25, -0.2) is 4.39 Å². The number of ether oxygens (including phenoxy) is 1. The molecule has 0 radical (unpaired) electrons. The van der Waals surface area contributed by atoms with Gasteiger partial charge in [0.2, 0.25) is 0 Å². The Balaban J connectivity index is 2.30. The third kappa shape index (κ3) is 2.42. The monoisotopic (exact) mass is 314 g/mol. The van der Waals surface area contributed by atoms with Crippen molar-refractivity contribution in [3.8, 4) is 5.75 Å². The third-order valence-corrected chi connectivity index (χ3v) is 5.79. The summed E-state index contributed by atoms with van der Waals surface area (Å²) in [7, 11) is 1.56. The van der Waals surface area contributed by atoms with Crippen LogP contribution in [0.25, 0.3) is 0 Å². The van der Waals surface area contributed by atoms with Gasteiger partial charge in [-0.1, -0.05) is 41.8 Å². The second-order valence-corrected chi connectivity index (χ2v) is 6.09. The Morgan fingerprint density at radius 1 is 1.39 bits per heavy atom. The van der Waals surface area contributed by atoms with Gasteiger partial charge in [0.1, 0.15) is 11.6 Å². The van der Waals surface area contributed by atoms with Crippen molar-refractivity contribution in [2.24, 2.45) is 5.41 Å². The molecule has 3 heteroatoms. The van der Waals surface area contributed by atoms with Crippen molar-refractivity contribution in [3.05, 3.63) is 29.6 Å². The van der Waals surface area contributed by atoms with Crippen molar-refractivity contribution in [1.29, 1.82) is 0 Å². The number of benzene rings is 1. The molecule has 1 aromatic carbocycles. The van der Waals surface area contributed by atoms with Crippen LogP contribution in [0.15, 0.2) is 18.2 Å². The largest absolute Gasteiger partial charge is 0.497 e. The molecule has 1 aliphatic rings. The SMILES string of the molecule is CCC1(C(Br)c2ccc(OC)cc2F)CCCC1. The number of hydrogen-bond acceptors (Lipinski definition) is 1. The van der Waals surface area contributed by atoms with Crippen LogP contribution in [0.2, 0.25) is 0 Å². The second kappa shape index (κ2) is 5.60. The third-order valence-electron chi connectivity index (χ3n) is 4.32. The minimum atomic E-state index is -0.170. The average molecular weight is 315 g/mol. The summed E-state index contributed by atoms with van der Waals surface area (Å²) in [5, 5.41) is 0. The van der Waals surface area contributed by atoms with Crippen LogP contribution in [0.1, 0.15) is 49.4 Å². The molecule has 2 rings (SSSR count). The highest BCUT2D eigenvalue weighted by molar-refractivity contribution is 9.09. The number of halogens is 2. The van der Waals surface area contributed by atoms with Crippen LogP contribution in [0, 0.1) is 11.2 Å². The first kappa shape index (κ1) is 13.9. The summed E-state index contributed by atoms with van der Waals surface area (Å²) < 4.78 is 19.2. The van der Waals surface area contributed by atoms with E-state index in [1.807, 2.05) is 12.1 Å². The van der Waals surface area contributed by atoms with E-state index in [1.165, 1.54) is 31.7 Å². The van der Waals surface area contributed by atoms with E-state index in [0.29, 0.717) is 5.75 Å². The van der Waals surface area contributed by atoms with Crippen molar-refractivity contribution < 1.29 is 9.13 Å². The molecule has 0 amide bonds. The first-order valence-electron chi connectivity index (χ1n) is 6.60. The van der Waals surface area contributed by atoms with Gasteiger partial charge >= 0.3 is 0 Å². The molecule has 100 valence electrons. The fourth-order valence-electron chi connectivity index (χ4n) is 3.04. The van der Waals surface area contributed by atoms with E-state index in [9.17, 15) is 4.39 Å². The summed E-state index contributed by atoms with van der Waals surface area (Å²) in [4.78, 5) is 0.100. The number of hydrogen-bond donors (Lipinski definition) is 0. The van der Waals surface area contributed by atoms with Gasteiger partial charge in [0, 0.05) is 16.5 Å². The maximum atomic E-state index is 14.1. The van der Waals surface area contributed by atoms with Gasteiger partial charge in [0.25, 0.3) is 0 Å². The van der Waals surface area contributed by atoms with E-state index in [2.05, 4.69) is 22.9 Å². The molecule has 1 aromatic rings. The summed E-state index contributed by atoms with van der Waals surface area (Å²) in [5.74, 6) is 0.406. The molecule has 1 fully saturated rings. The predicted octanol–water partition coefficient (Wildman–Crippen LogP) is 5.24. The van der Waals surface area contributed by atoms with Crippen molar-refractivity contribution in [2.75, 3.05) is 7.11 Å². The van der Waals surface area contributed by atoms with Gasteiger partial charge in [-0.15, -0.1) is 0 Å². The minimum absolute atomic E-state index is 0.100. The van der Waals surface area contributed by atoms with Crippen LogP contribution >= 0.6 is 15.9 Å². The molecule has 1 saturated carbocycles. The molecule has 0 saturated heterocycles. The zero-order valence-corrected chi connectivity index (χ0v) is 12.6. The molecule has 1 nitrogen and oxygen atoms in total. The molecule has 0 N–H and O–H groups in total. The van der Waals surface area contributed by atoms with Crippen LogP contribution in [0.5, 0.6) is 5.75 Å². The maximum absolute atomic E-state index is 14.1. The van der Waals surface area contributed by atoms with Gasteiger partial charge in [-0.05, 0) is 30.7 Å². The van der Waals surface area contributed by atoms with E-state index < -0.39 is 0 Å². The van der Waals surface area contributed by atoms with E-state index in [-0.39, 0.29) is 16.1 Å². The standard InChI is InChI=1S/C15H20BrFO/c1-3-15(8-4-5-9-15)14(16)12-7-6-11(18-2)10-13(12)17/h6-7,10,14H,3-5,8-9H2,1-2H3. The molecule has 0 heterocycles. The summed E-state index contributed by atoms with van der Waals surface area (Å²) in [5.41, 5.74) is 0.981. The maximum Gasteiger partial charge on any atom is 0.131 e. The van der Waals surface area contributed by atoms with Crippen LogP contribution < -0.4 is 4.74 Å². The van der Waals surface area contributed by atoms with Crippen LogP contribution in [0.3, 0.4) is 0 Å². The van der Waals surface area contributed by atoms with Crippen LogP contribution in [0.4, 0.5) is 4.39 Å². The van der Waals surface area contributed by atoms with Gasteiger partial charge in [0.15, 0.2) is 0 Å². The summed E-state index contributed by atoms with van der Waals surface area (Å²) >= 11 is 3.75. The van der Waals surface area contributed by atoms with Gasteiger partial charge in [-0.3, -0.25) is 0 Å². The number of alkyl halides is 1. The van der Waals surface area contributed by atoms with Gasteiger partial charge in [0.05, 0.1) is 7.11 Å². The predicted molar refractivity (Wildman–Crippen MR) is 75.8 cm³/mol. The number of methoxy groups -OCH3 is 1. The molecule has 1 atom stereocenters. The molecule has 0 spiro atoms. The zero-order valence-electron chi connectivity index (χ0n) is 11.0. The Morgan fingerprint density at radius 3 is 2.56 bits per heavy atom. The Morgan fingerprint density at radius 2 is 2.06 bits per heavy atom. The molecule has 0 bridgehead atoms. The number of rotatable bonds is 4. The highest BCUT2D eigenvalue weighted by atomic mass is 79.9. The molecule has 1 aliphatic carbocycles. The molecular weight excluding hydrogens is 295 g/mol. The molecule has 1 unspecified atom stereocenters. The second-order valence-electron chi connectivity index (χ2n) is 5.17. The first-order chi connectivity index (χ1) is 8.63. The highest BCUT2D eigenvalue weighted by Gasteiger charge is 2.40. The van der Waals surface area contributed by atoms with Gasteiger partial charge in [-0.2, -0.15) is 0 Å². The Labute approximate surface area is 117 Å².